The fraction of sp³-hybridized carbons (Fsp3) is 0. The number of amides is 1. The number of hydrogen-bond donors (Lipinski definition) is 1. The first-order valence-electron chi connectivity index (χ1n) is 7.71. The Kier molecular flexibility index (Phi) is 5.84. The number of hydrogen-bond acceptors (Lipinski definition) is 4. The first-order chi connectivity index (χ1) is 12.8. The molecule has 0 fully saturated rings. The van der Waals surface area contributed by atoms with Crippen molar-refractivity contribution in [2.45, 2.75) is 4.90 Å². The average molecular weight is 467 g/mol. The normalized spacial score (nSPS) is 11.0. The Labute approximate surface area is 170 Å². The summed E-state index contributed by atoms with van der Waals surface area (Å²) in [6.07, 6.45) is 0. The Balaban J connectivity index is 1.91. The van der Waals surface area contributed by atoms with Crippen LogP contribution in [0.3, 0.4) is 0 Å². The summed E-state index contributed by atoms with van der Waals surface area (Å²) in [7, 11) is -4.09. The van der Waals surface area contributed by atoms with Crippen molar-refractivity contribution >= 4 is 49.2 Å². The molecule has 8 heteroatoms. The molecule has 0 aliphatic rings. The van der Waals surface area contributed by atoms with Gasteiger partial charge < -0.3 is 9.50 Å². The molecule has 0 saturated heterocycles. The molecular formula is C19H13BrClNO4S. The summed E-state index contributed by atoms with van der Waals surface area (Å²) in [5, 5.41) is 2.96. The van der Waals surface area contributed by atoms with Crippen LogP contribution in [0.5, 0.6) is 5.75 Å². The molecule has 0 spiro atoms. The van der Waals surface area contributed by atoms with E-state index < -0.39 is 16.0 Å². The molecule has 0 aromatic heterocycles. The highest BCUT2D eigenvalue weighted by Gasteiger charge is 2.21. The number of carbonyl (C=O) groups is 1. The standard InChI is InChI=1S/C19H13BrClNO4S/c20-13-6-9-15(10-7-13)22-19(23)17-12-14(21)8-11-18(17)26-27(24,25)16-4-2-1-3-5-16/h1-12H,(H,22,23). The smallest absolute Gasteiger partial charge is 0.339 e. The van der Waals surface area contributed by atoms with Gasteiger partial charge in [0, 0.05) is 15.2 Å². The number of anilines is 1. The van der Waals surface area contributed by atoms with Gasteiger partial charge in [-0.2, -0.15) is 8.42 Å². The van der Waals surface area contributed by atoms with Crippen LogP contribution < -0.4 is 9.50 Å². The van der Waals surface area contributed by atoms with Crippen molar-refractivity contribution in [2.75, 3.05) is 5.32 Å². The average Bonchev–Trinajstić information content (AvgIpc) is 2.65. The molecule has 1 amide bonds. The van der Waals surface area contributed by atoms with Gasteiger partial charge in [0.2, 0.25) is 0 Å². The number of halogens is 2. The third-order valence-electron chi connectivity index (χ3n) is 3.52. The maximum absolute atomic E-state index is 12.6. The molecule has 27 heavy (non-hydrogen) atoms. The first kappa shape index (κ1) is 19.4. The van der Waals surface area contributed by atoms with Crippen molar-refractivity contribution in [2.24, 2.45) is 0 Å². The van der Waals surface area contributed by atoms with E-state index in [4.69, 9.17) is 15.8 Å². The van der Waals surface area contributed by atoms with Gasteiger partial charge in [0.25, 0.3) is 5.91 Å². The maximum Gasteiger partial charge on any atom is 0.339 e. The maximum atomic E-state index is 12.6. The predicted octanol–water partition coefficient (Wildman–Crippen LogP) is 5.12. The highest BCUT2D eigenvalue weighted by atomic mass is 79.9. The molecule has 0 bridgehead atoms. The quantitative estimate of drug-likeness (QED) is 0.530. The molecule has 0 aliphatic carbocycles. The Hall–Kier alpha value is -2.35. The molecular weight excluding hydrogens is 454 g/mol. The minimum absolute atomic E-state index is 0.00456. The van der Waals surface area contributed by atoms with Gasteiger partial charge in [-0.15, -0.1) is 0 Å². The fourth-order valence-electron chi connectivity index (χ4n) is 2.24. The van der Waals surface area contributed by atoms with Gasteiger partial charge in [-0.1, -0.05) is 45.7 Å². The van der Waals surface area contributed by atoms with E-state index in [2.05, 4.69) is 21.2 Å². The number of rotatable bonds is 5. The lowest BCUT2D eigenvalue weighted by Crippen LogP contribution is -2.16. The van der Waals surface area contributed by atoms with Crippen LogP contribution in [0.4, 0.5) is 5.69 Å². The molecule has 0 aliphatic heterocycles. The van der Waals surface area contributed by atoms with Crippen molar-refractivity contribution in [3.8, 4) is 5.75 Å². The van der Waals surface area contributed by atoms with Crippen LogP contribution in [0.2, 0.25) is 5.02 Å². The van der Waals surface area contributed by atoms with Crippen LogP contribution in [0.25, 0.3) is 0 Å². The summed E-state index contributed by atoms with van der Waals surface area (Å²) in [6.45, 7) is 0. The Morgan fingerprint density at radius 2 is 1.63 bits per heavy atom. The zero-order valence-electron chi connectivity index (χ0n) is 13.7. The fourth-order valence-corrected chi connectivity index (χ4v) is 3.64. The lowest BCUT2D eigenvalue weighted by molar-refractivity contribution is 0.102. The van der Waals surface area contributed by atoms with Crippen molar-refractivity contribution in [3.63, 3.8) is 0 Å². The first-order valence-corrected chi connectivity index (χ1v) is 10.3. The van der Waals surface area contributed by atoms with Gasteiger partial charge in [-0.3, -0.25) is 4.79 Å². The van der Waals surface area contributed by atoms with E-state index in [1.54, 1.807) is 42.5 Å². The van der Waals surface area contributed by atoms with Crippen LogP contribution in [-0.2, 0) is 10.1 Å². The molecule has 5 nitrogen and oxygen atoms in total. The van der Waals surface area contributed by atoms with Crippen LogP contribution in [-0.4, -0.2) is 14.3 Å². The summed E-state index contributed by atoms with van der Waals surface area (Å²) < 4.78 is 31.0. The molecule has 0 radical (unpaired) electrons. The summed E-state index contributed by atoms with van der Waals surface area (Å²) in [5.74, 6) is -0.657. The van der Waals surface area contributed by atoms with Crippen molar-refractivity contribution in [1.82, 2.24) is 0 Å². The van der Waals surface area contributed by atoms with E-state index in [-0.39, 0.29) is 21.2 Å². The van der Waals surface area contributed by atoms with E-state index in [0.717, 1.165) is 4.47 Å². The minimum atomic E-state index is -4.09. The molecule has 138 valence electrons. The molecule has 3 rings (SSSR count). The zero-order chi connectivity index (χ0) is 19.4. The van der Waals surface area contributed by atoms with Crippen molar-refractivity contribution in [3.05, 3.63) is 87.9 Å². The summed E-state index contributed by atoms with van der Waals surface area (Å²) in [5.41, 5.74) is 0.546. The molecule has 0 heterocycles. The van der Waals surface area contributed by atoms with Gasteiger partial charge in [0.05, 0.1) is 5.56 Å². The van der Waals surface area contributed by atoms with Crippen LogP contribution >= 0.6 is 27.5 Å². The molecule has 3 aromatic carbocycles. The van der Waals surface area contributed by atoms with Gasteiger partial charge >= 0.3 is 10.1 Å². The Morgan fingerprint density at radius 3 is 2.30 bits per heavy atom. The van der Waals surface area contributed by atoms with Crippen molar-refractivity contribution in [1.29, 1.82) is 0 Å². The number of carbonyl (C=O) groups excluding carboxylic acids is 1. The SMILES string of the molecule is O=C(Nc1ccc(Br)cc1)c1cc(Cl)ccc1OS(=O)(=O)c1ccccc1. The van der Waals surface area contributed by atoms with E-state index in [9.17, 15) is 13.2 Å². The highest BCUT2D eigenvalue weighted by molar-refractivity contribution is 9.10. The van der Waals surface area contributed by atoms with E-state index >= 15 is 0 Å². The van der Waals surface area contributed by atoms with E-state index in [0.29, 0.717) is 5.69 Å². The molecule has 0 unspecified atom stereocenters. The number of benzene rings is 3. The van der Waals surface area contributed by atoms with Gasteiger partial charge in [-0.05, 0) is 54.6 Å². The third-order valence-corrected chi connectivity index (χ3v) is 5.53. The molecule has 3 aromatic rings. The topological polar surface area (TPSA) is 72.5 Å². The summed E-state index contributed by atoms with van der Waals surface area (Å²) >= 11 is 9.30. The molecule has 0 saturated carbocycles. The number of nitrogens with one attached hydrogen (secondary N) is 1. The van der Waals surface area contributed by atoms with Gasteiger partial charge in [-0.25, -0.2) is 0 Å². The Morgan fingerprint density at radius 1 is 0.963 bits per heavy atom. The van der Waals surface area contributed by atoms with E-state index in [1.807, 2.05) is 0 Å². The lowest BCUT2D eigenvalue weighted by atomic mass is 10.2. The monoisotopic (exact) mass is 465 g/mol. The molecule has 1 N–H and O–H groups in total. The third kappa shape index (κ3) is 4.88. The van der Waals surface area contributed by atoms with Crippen LogP contribution in [0.1, 0.15) is 10.4 Å². The van der Waals surface area contributed by atoms with Crippen molar-refractivity contribution < 1.29 is 17.4 Å². The van der Waals surface area contributed by atoms with E-state index in [1.165, 1.54) is 30.3 Å². The van der Waals surface area contributed by atoms with Crippen LogP contribution in [0.15, 0.2) is 82.2 Å². The minimum Gasteiger partial charge on any atom is -0.378 e. The Bertz CT molecular complexity index is 1070. The zero-order valence-corrected chi connectivity index (χ0v) is 16.9. The highest BCUT2D eigenvalue weighted by Crippen LogP contribution is 2.27. The van der Waals surface area contributed by atoms with Gasteiger partial charge in [0.15, 0.2) is 5.75 Å². The largest absolute Gasteiger partial charge is 0.378 e. The molecule has 0 atom stereocenters. The predicted molar refractivity (Wildman–Crippen MR) is 108 cm³/mol. The second-order valence-corrected chi connectivity index (χ2v) is 8.35. The second-order valence-electron chi connectivity index (χ2n) is 5.45. The van der Waals surface area contributed by atoms with Crippen LogP contribution in [0, 0.1) is 0 Å². The lowest BCUT2D eigenvalue weighted by Gasteiger charge is -2.12. The summed E-state index contributed by atoms with van der Waals surface area (Å²) in [6, 6.07) is 18.8. The second kappa shape index (κ2) is 8.12. The van der Waals surface area contributed by atoms with Gasteiger partial charge in [0.1, 0.15) is 4.90 Å². The summed E-state index contributed by atoms with van der Waals surface area (Å²) in [4.78, 5) is 12.6.